The molecule has 0 aliphatic carbocycles. The van der Waals surface area contributed by atoms with E-state index in [4.69, 9.17) is 5.40 Å². The lowest BCUT2D eigenvalue weighted by atomic mass is 10.7. The summed E-state index contributed by atoms with van der Waals surface area (Å²) in [5.41, 5.74) is 0. The minimum absolute atomic E-state index is 0.0880. The number of allylic oxidation sites excluding steroid dienone is 1. The van der Waals surface area contributed by atoms with E-state index in [9.17, 15) is 4.79 Å². The molecule has 0 rings (SSSR count). The maximum absolute atomic E-state index is 9.95. The first-order valence-corrected chi connectivity index (χ1v) is 2.52. The van der Waals surface area contributed by atoms with Gasteiger partial charge in [-0.25, -0.2) is 0 Å². The van der Waals surface area contributed by atoms with E-state index in [1.807, 2.05) is 0 Å². The molecule has 32 valence electrons. The average molecular weight is 99.2 g/mol. The van der Waals surface area contributed by atoms with Gasteiger partial charge in [-0.1, -0.05) is 6.58 Å². The van der Waals surface area contributed by atoms with E-state index in [1.165, 1.54) is 6.08 Å². The summed E-state index contributed by atoms with van der Waals surface area (Å²) in [6.45, 7) is 3.21. The van der Waals surface area contributed by atoms with Crippen molar-refractivity contribution < 1.29 is 4.79 Å². The van der Waals surface area contributed by atoms with Crippen molar-refractivity contribution in [1.29, 1.82) is 0 Å². The molecule has 2 N–H and O–H groups in total. The van der Waals surface area contributed by atoms with Gasteiger partial charge >= 0.3 is 0 Å². The molecule has 0 aromatic carbocycles. The standard InChI is InChI=1S/C3H5NOSi/c1-2-3(5)6-4/h2H,1,4H2. The summed E-state index contributed by atoms with van der Waals surface area (Å²) in [5.74, 6) is 0. The fraction of sp³-hybridized carbons (Fsp3) is 0. The quantitative estimate of drug-likeness (QED) is 0.366. The molecule has 0 saturated carbocycles. The first kappa shape index (κ1) is 5.59. The van der Waals surface area contributed by atoms with Gasteiger partial charge in [-0.05, 0) is 6.08 Å². The molecule has 3 heteroatoms. The molecule has 0 atom stereocenters. The third-order valence-corrected chi connectivity index (χ3v) is 0.816. The van der Waals surface area contributed by atoms with Crippen molar-refractivity contribution in [2.24, 2.45) is 5.40 Å². The van der Waals surface area contributed by atoms with Crippen molar-refractivity contribution in [3.05, 3.63) is 12.7 Å². The van der Waals surface area contributed by atoms with Crippen molar-refractivity contribution in [2.45, 2.75) is 0 Å². The van der Waals surface area contributed by atoms with Crippen molar-refractivity contribution in [1.82, 2.24) is 0 Å². The van der Waals surface area contributed by atoms with Crippen LogP contribution in [0.4, 0.5) is 0 Å². The second-order valence-electron chi connectivity index (χ2n) is 0.713. The van der Waals surface area contributed by atoms with Gasteiger partial charge in [-0.3, -0.25) is 4.79 Å². The predicted molar refractivity (Wildman–Crippen MR) is 25.1 cm³/mol. The van der Waals surface area contributed by atoms with Gasteiger partial charge in [0.1, 0.15) is 5.41 Å². The lowest BCUT2D eigenvalue weighted by molar-refractivity contribution is -0.108. The van der Waals surface area contributed by atoms with Crippen LogP contribution in [0.25, 0.3) is 0 Å². The summed E-state index contributed by atoms with van der Waals surface area (Å²) in [7, 11) is -0.125. The lowest BCUT2D eigenvalue weighted by Crippen LogP contribution is -2.15. The molecule has 0 aliphatic heterocycles. The average Bonchev–Trinajstić information content (AvgIpc) is 1.65. The Morgan fingerprint density at radius 3 is 2.50 bits per heavy atom. The molecule has 6 heavy (non-hydrogen) atoms. The highest BCUT2D eigenvalue weighted by molar-refractivity contribution is 6.73. The molecule has 2 radical (unpaired) electrons. The Morgan fingerprint density at radius 1 is 2.00 bits per heavy atom. The van der Waals surface area contributed by atoms with Gasteiger partial charge in [0.2, 0.25) is 9.68 Å². The molecule has 0 amide bonds. The van der Waals surface area contributed by atoms with Crippen LogP contribution in [0.1, 0.15) is 0 Å². The van der Waals surface area contributed by atoms with E-state index in [2.05, 4.69) is 6.58 Å². The molecule has 0 unspecified atom stereocenters. The van der Waals surface area contributed by atoms with Gasteiger partial charge < -0.3 is 5.40 Å². The van der Waals surface area contributed by atoms with E-state index < -0.39 is 0 Å². The van der Waals surface area contributed by atoms with Crippen LogP contribution in [-0.4, -0.2) is 15.1 Å². The van der Waals surface area contributed by atoms with E-state index >= 15 is 0 Å². The smallest absolute Gasteiger partial charge is 0.233 e. The maximum Gasteiger partial charge on any atom is 0.233 e. The number of hydrogen-bond donors (Lipinski definition) is 1. The van der Waals surface area contributed by atoms with Crippen LogP contribution in [0.2, 0.25) is 0 Å². The molecule has 2 nitrogen and oxygen atoms in total. The highest BCUT2D eigenvalue weighted by Crippen LogP contribution is 1.58. The molecular formula is C3H5NOSi. The topological polar surface area (TPSA) is 43.1 Å². The third kappa shape index (κ3) is 1.87. The summed E-state index contributed by atoms with van der Waals surface area (Å²) in [5, 5.41) is 4.80. The normalized spacial score (nSPS) is 7.50. The minimum Gasteiger partial charge on any atom is -0.346 e. The molecule has 0 bridgehead atoms. The molecule has 0 aromatic rings. The first-order valence-electron chi connectivity index (χ1n) is 1.44. The zero-order chi connectivity index (χ0) is 4.99. The van der Waals surface area contributed by atoms with Gasteiger partial charge in [0, 0.05) is 0 Å². The SMILES string of the molecule is C=CC(=O)[Si]N. The van der Waals surface area contributed by atoms with Crippen LogP contribution in [-0.2, 0) is 4.79 Å². The fourth-order valence-electron chi connectivity index (χ4n) is 0.0589. The maximum atomic E-state index is 9.95. The molecule has 0 fully saturated rings. The first-order chi connectivity index (χ1) is 2.81. The van der Waals surface area contributed by atoms with Gasteiger partial charge in [0.25, 0.3) is 0 Å². The monoisotopic (exact) mass is 99.0 g/mol. The second-order valence-corrected chi connectivity index (χ2v) is 1.49. The number of carbonyl (C=O) groups excluding carboxylic acids is 1. The number of carbonyl (C=O) groups is 1. The molecule has 0 heterocycles. The van der Waals surface area contributed by atoms with Crippen molar-refractivity contribution in [3.8, 4) is 0 Å². The number of nitrogens with two attached hydrogens (primary N) is 1. The van der Waals surface area contributed by atoms with Crippen molar-refractivity contribution in [3.63, 3.8) is 0 Å². The highest BCUT2D eigenvalue weighted by atomic mass is 28.2. The zero-order valence-corrected chi connectivity index (χ0v) is 4.27. The van der Waals surface area contributed by atoms with Gasteiger partial charge in [-0.15, -0.1) is 0 Å². The van der Waals surface area contributed by atoms with E-state index in [1.54, 1.807) is 0 Å². The zero-order valence-electron chi connectivity index (χ0n) is 3.27. The Bertz CT molecular complexity index is 71.2. The predicted octanol–water partition coefficient (Wildman–Crippen LogP) is -0.723. The van der Waals surface area contributed by atoms with Gasteiger partial charge in [0.15, 0.2) is 0 Å². The molecule has 0 spiro atoms. The minimum atomic E-state index is -0.125. The fourth-order valence-corrected chi connectivity index (χ4v) is 0.177. The Hall–Kier alpha value is -0.413. The largest absolute Gasteiger partial charge is 0.346 e. The van der Waals surface area contributed by atoms with E-state index in [-0.39, 0.29) is 15.1 Å². The molecule has 0 saturated heterocycles. The Morgan fingerprint density at radius 2 is 2.50 bits per heavy atom. The van der Waals surface area contributed by atoms with E-state index in [0.717, 1.165) is 0 Å². The molecular weight excluding hydrogens is 94.1 g/mol. The highest BCUT2D eigenvalue weighted by Gasteiger charge is 1.85. The van der Waals surface area contributed by atoms with E-state index in [0.29, 0.717) is 0 Å². The van der Waals surface area contributed by atoms with Gasteiger partial charge in [0.05, 0.1) is 0 Å². The van der Waals surface area contributed by atoms with Crippen molar-refractivity contribution >= 4 is 15.1 Å². The third-order valence-electron chi connectivity index (χ3n) is 0.328. The lowest BCUT2D eigenvalue weighted by Gasteiger charge is -1.73. The Balaban J connectivity index is 3.23. The molecule has 0 aliphatic rings. The Kier molecular flexibility index (Phi) is 2.61. The summed E-state index contributed by atoms with van der Waals surface area (Å²) in [6.07, 6.45) is 1.22. The van der Waals surface area contributed by atoms with Gasteiger partial charge in [-0.2, -0.15) is 0 Å². The summed E-state index contributed by atoms with van der Waals surface area (Å²) >= 11 is 0. The van der Waals surface area contributed by atoms with Crippen LogP contribution in [0.5, 0.6) is 0 Å². The van der Waals surface area contributed by atoms with Crippen molar-refractivity contribution in [2.75, 3.05) is 0 Å². The van der Waals surface area contributed by atoms with Crippen LogP contribution in [0.15, 0.2) is 12.7 Å². The summed E-state index contributed by atoms with van der Waals surface area (Å²) in [4.78, 5) is 9.95. The van der Waals surface area contributed by atoms with Crippen LogP contribution < -0.4 is 5.40 Å². The summed E-state index contributed by atoms with van der Waals surface area (Å²) < 4.78 is 0. The van der Waals surface area contributed by atoms with Crippen LogP contribution in [0.3, 0.4) is 0 Å². The summed E-state index contributed by atoms with van der Waals surface area (Å²) in [6, 6.07) is 0. The number of hydrogen-bond acceptors (Lipinski definition) is 2. The Labute approximate surface area is 38.9 Å². The number of rotatable bonds is 2. The van der Waals surface area contributed by atoms with Crippen LogP contribution >= 0.6 is 0 Å². The molecule has 0 aromatic heterocycles. The second kappa shape index (κ2) is 2.80. The van der Waals surface area contributed by atoms with Crippen LogP contribution in [0, 0.1) is 0 Å².